The molecule has 0 bridgehead atoms. The number of amidine groups is 1. The predicted molar refractivity (Wildman–Crippen MR) is 118 cm³/mol. The van der Waals surface area contributed by atoms with Crippen LogP contribution in [0.25, 0.3) is 10.9 Å². The van der Waals surface area contributed by atoms with Crippen LogP contribution in [0.15, 0.2) is 54.6 Å². The van der Waals surface area contributed by atoms with Gasteiger partial charge in [-0.1, -0.05) is 30.3 Å². The third kappa shape index (κ3) is 4.63. The summed E-state index contributed by atoms with van der Waals surface area (Å²) in [6.45, 7) is 0.527. The molecule has 31 heavy (non-hydrogen) atoms. The molecule has 0 radical (unpaired) electrons. The van der Waals surface area contributed by atoms with Gasteiger partial charge >= 0.3 is 0 Å². The van der Waals surface area contributed by atoms with Crippen LogP contribution in [0.4, 0.5) is 20.3 Å². The number of rotatable bonds is 4. The molecule has 0 atom stereocenters. The van der Waals surface area contributed by atoms with E-state index in [1.54, 1.807) is 35.2 Å². The third-order valence-corrected chi connectivity index (χ3v) is 5.40. The molecule has 0 aliphatic carbocycles. The third-order valence-electron chi connectivity index (χ3n) is 5.40. The Morgan fingerprint density at radius 2 is 1.90 bits per heavy atom. The number of hydrogen-bond acceptors (Lipinski definition) is 4. The number of carbonyl (C=O) groups is 1. The molecular weight excluding hydrogens is 400 g/mol. The van der Waals surface area contributed by atoms with Crippen molar-refractivity contribution < 1.29 is 13.6 Å². The van der Waals surface area contributed by atoms with Crippen molar-refractivity contribution in [2.24, 2.45) is 5.73 Å². The molecule has 2 aromatic carbocycles. The van der Waals surface area contributed by atoms with Crippen LogP contribution < -0.4 is 16.0 Å². The summed E-state index contributed by atoms with van der Waals surface area (Å²) in [5.41, 5.74) is 7.53. The van der Waals surface area contributed by atoms with Crippen molar-refractivity contribution in [2.45, 2.75) is 25.2 Å². The van der Waals surface area contributed by atoms with E-state index in [2.05, 4.69) is 10.3 Å². The second-order valence-electron chi connectivity index (χ2n) is 7.70. The Kier molecular flexibility index (Phi) is 5.54. The summed E-state index contributed by atoms with van der Waals surface area (Å²) < 4.78 is 27.8. The van der Waals surface area contributed by atoms with Crippen LogP contribution in [-0.4, -0.2) is 35.7 Å². The molecule has 4 N–H and O–H groups in total. The van der Waals surface area contributed by atoms with E-state index in [1.165, 1.54) is 0 Å². The fraction of sp³-hybridized carbons (Fsp3) is 0.261. The number of aromatic nitrogens is 1. The van der Waals surface area contributed by atoms with Crippen LogP contribution in [0.1, 0.15) is 35.2 Å². The fourth-order valence-corrected chi connectivity index (χ4v) is 3.75. The Bertz CT molecular complexity index is 1150. The summed E-state index contributed by atoms with van der Waals surface area (Å²) in [6, 6.07) is 15.8. The molecule has 0 saturated carbocycles. The van der Waals surface area contributed by atoms with E-state index in [4.69, 9.17) is 11.1 Å². The SMILES string of the molecule is N=C(N)c1cccc(NC(=O)c2cc3ccccc3nc2N2CCCC(F)(F)CC2)c1. The second-order valence-corrected chi connectivity index (χ2v) is 7.70. The molecule has 2 heterocycles. The first-order valence-corrected chi connectivity index (χ1v) is 10.1. The van der Waals surface area contributed by atoms with Crippen molar-refractivity contribution in [3.05, 3.63) is 65.7 Å². The number of nitrogens with one attached hydrogen (secondary N) is 2. The molecule has 160 valence electrons. The number of nitrogens with zero attached hydrogens (tertiary/aromatic N) is 2. The average molecular weight is 423 g/mol. The van der Waals surface area contributed by atoms with Crippen molar-refractivity contribution in [2.75, 3.05) is 23.3 Å². The fourth-order valence-electron chi connectivity index (χ4n) is 3.75. The van der Waals surface area contributed by atoms with Gasteiger partial charge in [-0.2, -0.15) is 0 Å². The van der Waals surface area contributed by atoms with Crippen molar-refractivity contribution in [1.82, 2.24) is 4.98 Å². The molecule has 1 aromatic heterocycles. The molecule has 3 aromatic rings. The first-order chi connectivity index (χ1) is 14.8. The smallest absolute Gasteiger partial charge is 0.259 e. The van der Waals surface area contributed by atoms with E-state index >= 15 is 0 Å². The standard InChI is InChI=1S/C23H23F2N5O/c24-23(25)9-4-11-30(12-10-23)21-18(14-15-5-1-2-8-19(15)29-21)22(31)28-17-7-3-6-16(13-17)20(26)27/h1-3,5-8,13-14H,4,9-12H2,(H3,26,27)(H,28,31). The largest absolute Gasteiger partial charge is 0.384 e. The zero-order chi connectivity index (χ0) is 22.0. The average Bonchev–Trinajstić information content (AvgIpc) is 2.93. The lowest BCUT2D eigenvalue weighted by Crippen LogP contribution is -2.29. The maximum absolute atomic E-state index is 13.9. The minimum Gasteiger partial charge on any atom is -0.384 e. The minimum atomic E-state index is -2.71. The van der Waals surface area contributed by atoms with Crippen LogP contribution in [0.5, 0.6) is 0 Å². The summed E-state index contributed by atoms with van der Waals surface area (Å²) in [6.07, 6.45) is -0.122. The van der Waals surface area contributed by atoms with E-state index in [0.29, 0.717) is 41.1 Å². The Hall–Kier alpha value is -3.55. The van der Waals surface area contributed by atoms with Gasteiger partial charge in [0, 0.05) is 42.6 Å². The van der Waals surface area contributed by atoms with Crippen LogP contribution in [0.3, 0.4) is 0 Å². The lowest BCUT2D eigenvalue weighted by Gasteiger charge is -2.24. The van der Waals surface area contributed by atoms with Gasteiger partial charge in [0.1, 0.15) is 11.7 Å². The molecule has 1 aliphatic rings. The van der Waals surface area contributed by atoms with Gasteiger partial charge in [0.25, 0.3) is 5.91 Å². The Morgan fingerprint density at radius 1 is 1.10 bits per heavy atom. The molecular formula is C23H23F2N5O. The van der Waals surface area contributed by atoms with Gasteiger partial charge in [0.15, 0.2) is 0 Å². The number of fused-ring (bicyclic) bond motifs is 1. The molecule has 8 heteroatoms. The zero-order valence-corrected chi connectivity index (χ0v) is 16.9. The van der Waals surface area contributed by atoms with Crippen LogP contribution >= 0.6 is 0 Å². The van der Waals surface area contributed by atoms with Gasteiger partial charge in [0.05, 0.1) is 11.1 Å². The van der Waals surface area contributed by atoms with Gasteiger partial charge < -0.3 is 16.0 Å². The first kappa shape index (κ1) is 20.7. The van der Waals surface area contributed by atoms with Gasteiger partial charge in [-0.3, -0.25) is 10.2 Å². The Balaban J connectivity index is 1.71. The van der Waals surface area contributed by atoms with Crippen molar-refractivity contribution in [3.8, 4) is 0 Å². The molecule has 1 saturated heterocycles. The Morgan fingerprint density at radius 3 is 2.71 bits per heavy atom. The number of nitrogen functional groups attached to an aromatic ring is 1. The number of benzene rings is 2. The molecule has 6 nitrogen and oxygen atoms in total. The lowest BCUT2D eigenvalue weighted by atomic mass is 10.1. The van der Waals surface area contributed by atoms with E-state index in [9.17, 15) is 13.6 Å². The highest BCUT2D eigenvalue weighted by Crippen LogP contribution is 2.32. The van der Waals surface area contributed by atoms with Crippen molar-refractivity contribution in [3.63, 3.8) is 0 Å². The summed E-state index contributed by atoms with van der Waals surface area (Å²) >= 11 is 0. The molecule has 0 unspecified atom stereocenters. The Labute approximate surface area is 178 Å². The van der Waals surface area contributed by atoms with Crippen molar-refractivity contribution in [1.29, 1.82) is 5.41 Å². The number of halogens is 2. The molecule has 0 spiro atoms. The summed E-state index contributed by atoms with van der Waals surface area (Å²) in [4.78, 5) is 19.6. The normalized spacial score (nSPS) is 16.0. The van der Waals surface area contributed by atoms with Crippen LogP contribution in [0.2, 0.25) is 0 Å². The van der Waals surface area contributed by atoms with Gasteiger partial charge in [-0.15, -0.1) is 0 Å². The number of anilines is 2. The first-order valence-electron chi connectivity index (χ1n) is 10.1. The number of pyridine rings is 1. The van der Waals surface area contributed by atoms with E-state index < -0.39 is 11.8 Å². The number of amides is 1. The van der Waals surface area contributed by atoms with Crippen LogP contribution in [0, 0.1) is 5.41 Å². The number of para-hydroxylation sites is 1. The molecule has 4 rings (SSSR count). The molecule has 1 aliphatic heterocycles. The zero-order valence-electron chi connectivity index (χ0n) is 16.9. The summed E-state index contributed by atoms with van der Waals surface area (Å²) in [7, 11) is 0. The highest BCUT2D eigenvalue weighted by atomic mass is 19.3. The van der Waals surface area contributed by atoms with Gasteiger partial charge in [-0.25, -0.2) is 13.8 Å². The second kappa shape index (κ2) is 8.29. The van der Waals surface area contributed by atoms with Gasteiger partial charge in [-0.05, 0) is 30.7 Å². The summed E-state index contributed by atoms with van der Waals surface area (Å²) in [5.74, 6) is -2.81. The minimum absolute atomic E-state index is 0.102. The topological polar surface area (TPSA) is 95.1 Å². The number of alkyl halides is 2. The van der Waals surface area contributed by atoms with E-state index in [-0.39, 0.29) is 25.2 Å². The quantitative estimate of drug-likeness (QED) is 0.428. The van der Waals surface area contributed by atoms with Crippen LogP contribution in [-0.2, 0) is 0 Å². The number of hydrogen-bond donors (Lipinski definition) is 3. The molecule has 1 amide bonds. The monoisotopic (exact) mass is 423 g/mol. The number of nitrogens with two attached hydrogens (primary N) is 1. The van der Waals surface area contributed by atoms with Gasteiger partial charge in [0.2, 0.25) is 5.92 Å². The van der Waals surface area contributed by atoms with E-state index in [0.717, 1.165) is 5.39 Å². The predicted octanol–water partition coefficient (Wildman–Crippen LogP) is 4.40. The van der Waals surface area contributed by atoms with E-state index in [1.807, 2.05) is 24.3 Å². The molecule has 1 fully saturated rings. The lowest BCUT2D eigenvalue weighted by molar-refractivity contribution is -0.0102. The highest BCUT2D eigenvalue weighted by Gasteiger charge is 2.33. The maximum atomic E-state index is 13.9. The van der Waals surface area contributed by atoms with Crippen molar-refractivity contribution >= 4 is 34.2 Å². The number of carbonyl (C=O) groups excluding carboxylic acids is 1. The maximum Gasteiger partial charge on any atom is 0.259 e. The summed E-state index contributed by atoms with van der Waals surface area (Å²) in [5, 5.41) is 11.2. The highest BCUT2D eigenvalue weighted by molar-refractivity contribution is 6.10.